The van der Waals surface area contributed by atoms with Crippen LogP contribution in [0, 0.1) is 0 Å². The lowest BCUT2D eigenvalue weighted by Crippen LogP contribution is -1.70. The summed E-state index contributed by atoms with van der Waals surface area (Å²) in [6, 6.07) is 10.4. The van der Waals surface area contributed by atoms with E-state index in [1.807, 2.05) is 12.1 Å². The molecule has 4 heteroatoms. The van der Waals surface area contributed by atoms with Gasteiger partial charge in [-0.05, 0) is 17.5 Å². The Bertz CT molecular complexity index is 596. The number of thiophene rings is 1. The second-order valence-electron chi connectivity index (χ2n) is 3.40. The first-order valence-corrected chi connectivity index (χ1v) is 6.21. The summed E-state index contributed by atoms with van der Waals surface area (Å²) < 4.78 is 6.77. The molecule has 16 heavy (non-hydrogen) atoms. The van der Waals surface area contributed by atoms with Crippen molar-refractivity contribution in [3.05, 3.63) is 42.4 Å². The molecule has 3 rings (SSSR count). The highest BCUT2D eigenvalue weighted by atomic mass is 35.5. The Kier molecular flexibility index (Phi) is 2.42. The summed E-state index contributed by atoms with van der Waals surface area (Å²) in [6.45, 7) is 0. The van der Waals surface area contributed by atoms with Crippen molar-refractivity contribution >= 4 is 33.0 Å². The molecule has 0 saturated heterocycles. The van der Waals surface area contributed by atoms with Gasteiger partial charge in [0.2, 0.25) is 5.89 Å². The Hall–Kier alpha value is -1.32. The maximum Gasteiger partial charge on any atom is 0.209 e. The molecule has 0 bridgehead atoms. The van der Waals surface area contributed by atoms with Crippen molar-refractivity contribution in [2.24, 2.45) is 0 Å². The minimum atomic E-state index is 0.310. The van der Waals surface area contributed by atoms with Crippen molar-refractivity contribution < 1.29 is 4.42 Å². The van der Waals surface area contributed by atoms with Crippen LogP contribution in [0.5, 0.6) is 0 Å². The summed E-state index contributed by atoms with van der Waals surface area (Å²) in [5.74, 6) is 1.66. The number of hydrogen-bond acceptors (Lipinski definition) is 3. The van der Waals surface area contributed by atoms with E-state index in [2.05, 4.69) is 23.2 Å². The minimum Gasteiger partial charge on any atom is -0.439 e. The van der Waals surface area contributed by atoms with Crippen LogP contribution in [0.15, 0.2) is 40.9 Å². The molecular weight excluding hydrogens is 242 g/mol. The molecule has 0 aliphatic carbocycles. The average molecular weight is 250 g/mol. The van der Waals surface area contributed by atoms with Crippen LogP contribution in [-0.4, -0.2) is 4.98 Å². The van der Waals surface area contributed by atoms with E-state index in [4.69, 9.17) is 16.0 Å². The Morgan fingerprint density at radius 1 is 1.31 bits per heavy atom. The largest absolute Gasteiger partial charge is 0.439 e. The fourth-order valence-electron chi connectivity index (χ4n) is 1.59. The molecule has 80 valence electrons. The third kappa shape index (κ3) is 1.62. The number of halogens is 1. The summed E-state index contributed by atoms with van der Waals surface area (Å²) in [5, 5.41) is 1.23. The third-order valence-corrected chi connectivity index (χ3v) is 3.70. The molecular formula is C12H8ClNOS. The van der Waals surface area contributed by atoms with Crippen LogP contribution in [0.4, 0.5) is 0 Å². The zero-order chi connectivity index (χ0) is 11.0. The maximum absolute atomic E-state index is 5.65. The summed E-state index contributed by atoms with van der Waals surface area (Å²) in [7, 11) is 0. The molecule has 3 aromatic rings. The highest BCUT2D eigenvalue weighted by molar-refractivity contribution is 7.22. The van der Waals surface area contributed by atoms with Gasteiger partial charge in [-0.25, -0.2) is 4.98 Å². The second-order valence-corrected chi connectivity index (χ2v) is 4.75. The van der Waals surface area contributed by atoms with E-state index < -0.39 is 0 Å². The summed E-state index contributed by atoms with van der Waals surface area (Å²) in [6.07, 6.45) is 1.72. The van der Waals surface area contributed by atoms with Crippen molar-refractivity contribution in [1.82, 2.24) is 4.98 Å². The molecule has 1 aromatic carbocycles. The molecule has 0 unspecified atom stereocenters. The van der Waals surface area contributed by atoms with E-state index in [1.54, 1.807) is 17.5 Å². The first-order chi connectivity index (χ1) is 7.86. The quantitative estimate of drug-likeness (QED) is 0.633. The van der Waals surface area contributed by atoms with Gasteiger partial charge in [0.15, 0.2) is 5.76 Å². The first-order valence-electron chi connectivity index (χ1n) is 4.86. The number of alkyl halides is 1. The average Bonchev–Trinajstić information content (AvgIpc) is 2.95. The molecule has 0 atom stereocenters. The van der Waals surface area contributed by atoms with E-state index in [0.717, 1.165) is 10.6 Å². The van der Waals surface area contributed by atoms with Crippen molar-refractivity contribution in [3.63, 3.8) is 0 Å². The SMILES string of the molecule is ClCc1ncc(-c2cc3ccccc3s2)o1. The van der Waals surface area contributed by atoms with Crippen LogP contribution in [0.2, 0.25) is 0 Å². The maximum atomic E-state index is 5.65. The van der Waals surface area contributed by atoms with Crippen LogP contribution in [0.25, 0.3) is 20.7 Å². The predicted molar refractivity (Wildman–Crippen MR) is 66.9 cm³/mol. The molecule has 0 aliphatic rings. The van der Waals surface area contributed by atoms with Gasteiger partial charge in [0.05, 0.1) is 17.0 Å². The normalized spacial score (nSPS) is 11.1. The van der Waals surface area contributed by atoms with Crippen molar-refractivity contribution in [2.75, 3.05) is 0 Å². The van der Waals surface area contributed by atoms with E-state index in [9.17, 15) is 0 Å². The van der Waals surface area contributed by atoms with Gasteiger partial charge in [-0.15, -0.1) is 22.9 Å². The fourth-order valence-corrected chi connectivity index (χ4v) is 2.72. The summed E-state index contributed by atoms with van der Waals surface area (Å²) >= 11 is 7.35. The molecule has 0 saturated carbocycles. The minimum absolute atomic E-state index is 0.310. The highest BCUT2D eigenvalue weighted by Gasteiger charge is 2.08. The third-order valence-electron chi connectivity index (χ3n) is 2.34. The lowest BCUT2D eigenvalue weighted by molar-refractivity contribution is 0.530. The van der Waals surface area contributed by atoms with Gasteiger partial charge in [0.25, 0.3) is 0 Å². The molecule has 2 heterocycles. The molecule has 0 fully saturated rings. The molecule has 0 amide bonds. The topological polar surface area (TPSA) is 26.0 Å². The summed E-state index contributed by atoms with van der Waals surface area (Å²) in [5.41, 5.74) is 0. The summed E-state index contributed by atoms with van der Waals surface area (Å²) in [4.78, 5) is 5.18. The lowest BCUT2D eigenvalue weighted by atomic mass is 10.2. The van der Waals surface area contributed by atoms with E-state index in [1.165, 1.54) is 10.1 Å². The van der Waals surface area contributed by atoms with Gasteiger partial charge < -0.3 is 4.42 Å². The Balaban J connectivity index is 2.11. The van der Waals surface area contributed by atoms with Gasteiger partial charge in [-0.2, -0.15) is 0 Å². The second kappa shape index (κ2) is 3.92. The molecule has 2 aromatic heterocycles. The molecule has 0 N–H and O–H groups in total. The van der Waals surface area contributed by atoms with Crippen LogP contribution in [-0.2, 0) is 5.88 Å². The number of fused-ring (bicyclic) bond motifs is 1. The number of benzene rings is 1. The van der Waals surface area contributed by atoms with E-state index in [0.29, 0.717) is 11.8 Å². The first kappa shape index (κ1) is 9.87. The highest BCUT2D eigenvalue weighted by Crippen LogP contribution is 2.33. The Morgan fingerprint density at radius 3 is 2.94 bits per heavy atom. The van der Waals surface area contributed by atoms with Crippen molar-refractivity contribution in [2.45, 2.75) is 5.88 Å². The zero-order valence-electron chi connectivity index (χ0n) is 8.31. The molecule has 0 radical (unpaired) electrons. The fraction of sp³-hybridized carbons (Fsp3) is 0.0833. The van der Waals surface area contributed by atoms with Crippen molar-refractivity contribution in [3.8, 4) is 10.6 Å². The lowest BCUT2D eigenvalue weighted by Gasteiger charge is -1.86. The number of rotatable bonds is 2. The number of aromatic nitrogens is 1. The van der Waals surface area contributed by atoms with Crippen molar-refractivity contribution in [1.29, 1.82) is 0 Å². The van der Waals surface area contributed by atoms with Crippen LogP contribution in [0.1, 0.15) is 5.89 Å². The van der Waals surface area contributed by atoms with E-state index >= 15 is 0 Å². The predicted octanol–water partition coefficient (Wildman–Crippen LogP) is 4.30. The van der Waals surface area contributed by atoms with Crippen LogP contribution >= 0.6 is 22.9 Å². The van der Waals surface area contributed by atoms with Gasteiger partial charge in [-0.3, -0.25) is 0 Å². The zero-order valence-corrected chi connectivity index (χ0v) is 9.89. The molecule has 0 aliphatic heterocycles. The monoisotopic (exact) mass is 249 g/mol. The Morgan fingerprint density at radius 2 is 2.19 bits per heavy atom. The Labute approximate surface area is 101 Å². The number of hydrogen-bond donors (Lipinski definition) is 0. The number of oxazole rings is 1. The smallest absolute Gasteiger partial charge is 0.209 e. The van der Waals surface area contributed by atoms with Gasteiger partial charge in [-0.1, -0.05) is 18.2 Å². The van der Waals surface area contributed by atoms with Gasteiger partial charge in [0, 0.05) is 4.70 Å². The van der Waals surface area contributed by atoms with Gasteiger partial charge in [0.1, 0.15) is 0 Å². The molecule has 2 nitrogen and oxygen atoms in total. The van der Waals surface area contributed by atoms with Crippen LogP contribution < -0.4 is 0 Å². The van der Waals surface area contributed by atoms with E-state index in [-0.39, 0.29) is 0 Å². The standard InChI is InChI=1S/C12H8ClNOS/c13-6-12-14-7-9(15-12)11-5-8-3-1-2-4-10(8)16-11/h1-5,7H,6H2. The number of nitrogens with zero attached hydrogens (tertiary/aromatic N) is 1. The van der Waals surface area contributed by atoms with Crippen LogP contribution in [0.3, 0.4) is 0 Å². The van der Waals surface area contributed by atoms with Gasteiger partial charge >= 0.3 is 0 Å². The molecule has 0 spiro atoms.